The van der Waals surface area contributed by atoms with Crippen molar-refractivity contribution < 1.29 is 18.8 Å². The van der Waals surface area contributed by atoms with E-state index in [9.17, 15) is 24.1 Å². The fraction of sp³-hybridized carbons (Fsp3) is 0.0870. The number of amides is 1. The number of carbonyl (C=O) groups is 1. The predicted octanol–water partition coefficient (Wildman–Crippen LogP) is 4.17. The summed E-state index contributed by atoms with van der Waals surface area (Å²) in [5, 5.41) is 13.9. The third kappa shape index (κ3) is 4.74. The summed E-state index contributed by atoms with van der Waals surface area (Å²) in [6.07, 6.45) is 0. The Bertz CT molecular complexity index is 1470. The van der Waals surface area contributed by atoms with Crippen LogP contribution in [0.3, 0.4) is 0 Å². The van der Waals surface area contributed by atoms with E-state index in [4.69, 9.17) is 4.74 Å². The van der Waals surface area contributed by atoms with E-state index in [-0.39, 0.29) is 27.8 Å². The lowest BCUT2D eigenvalue weighted by Gasteiger charge is -2.14. The summed E-state index contributed by atoms with van der Waals surface area (Å²) in [6, 6.07) is 16.5. The second-order valence-electron chi connectivity index (χ2n) is 7.01. The van der Waals surface area contributed by atoms with Crippen LogP contribution >= 0.6 is 11.8 Å². The molecule has 172 valence electrons. The lowest BCUT2D eigenvalue weighted by atomic mass is 10.2. The van der Waals surface area contributed by atoms with Gasteiger partial charge in [0.25, 0.3) is 11.2 Å². The predicted molar refractivity (Wildman–Crippen MR) is 126 cm³/mol. The van der Waals surface area contributed by atoms with Gasteiger partial charge in [0.1, 0.15) is 11.6 Å². The largest absolute Gasteiger partial charge is 0.497 e. The molecule has 4 aromatic rings. The fourth-order valence-corrected chi connectivity index (χ4v) is 4.04. The number of nitro benzene ring substituents is 1. The molecule has 9 nitrogen and oxygen atoms in total. The number of anilines is 1. The lowest BCUT2D eigenvalue weighted by molar-refractivity contribution is -0.384. The van der Waals surface area contributed by atoms with Crippen LogP contribution in [0.1, 0.15) is 0 Å². The smallest absolute Gasteiger partial charge is 0.271 e. The molecule has 0 unspecified atom stereocenters. The molecular weight excluding hydrogens is 463 g/mol. The molecule has 0 bridgehead atoms. The molecular formula is C23H17FN4O5S. The van der Waals surface area contributed by atoms with Gasteiger partial charge in [0.15, 0.2) is 5.16 Å². The van der Waals surface area contributed by atoms with Gasteiger partial charge >= 0.3 is 0 Å². The maximum absolute atomic E-state index is 14.0. The van der Waals surface area contributed by atoms with E-state index in [0.29, 0.717) is 22.3 Å². The summed E-state index contributed by atoms with van der Waals surface area (Å²) in [5.74, 6) is -1.12. The standard InChI is InChI=1S/C23H17FN4O5S/c1-33-16-6-4-5-14(11-16)27-22(30)17-7-2-3-8-19(17)26-23(27)34-13-21(29)25-20-12-15(28(31)32)9-10-18(20)24/h2-12H,13H2,1H3,(H,25,29). The Morgan fingerprint density at radius 1 is 1.18 bits per heavy atom. The summed E-state index contributed by atoms with van der Waals surface area (Å²) in [4.78, 5) is 40.6. The summed E-state index contributed by atoms with van der Waals surface area (Å²) in [5.41, 5.74) is -0.0371. The second-order valence-corrected chi connectivity index (χ2v) is 7.95. The third-order valence-corrected chi connectivity index (χ3v) is 5.76. The highest BCUT2D eigenvalue weighted by molar-refractivity contribution is 7.99. The van der Waals surface area contributed by atoms with Gasteiger partial charge in [-0.05, 0) is 30.3 Å². The van der Waals surface area contributed by atoms with Crippen molar-refractivity contribution in [2.75, 3.05) is 18.2 Å². The van der Waals surface area contributed by atoms with Crippen LogP contribution in [-0.2, 0) is 4.79 Å². The first-order chi connectivity index (χ1) is 16.4. The molecule has 1 amide bonds. The average molecular weight is 480 g/mol. The van der Waals surface area contributed by atoms with Gasteiger partial charge in [0, 0.05) is 18.2 Å². The van der Waals surface area contributed by atoms with Crippen molar-refractivity contribution in [1.29, 1.82) is 0 Å². The number of nitrogens with one attached hydrogen (secondary N) is 1. The van der Waals surface area contributed by atoms with Gasteiger partial charge in [-0.2, -0.15) is 0 Å². The number of fused-ring (bicyclic) bond motifs is 1. The SMILES string of the molecule is COc1cccc(-n2c(SCC(=O)Nc3cc([N+](=O)[O-])ccc3F)nc3ccccc3c2=O)c1. The Morgan fingerprint density at radius 3 is 2.74 bits per heavy atom. The van der Waals surface area contributed by atoms with E-state index in [1.807, 2.05) is 0 Å². The number of para-hydroxylation sites is 1. The Kier molecular flexibility index (Phi) is 6.55. The van der Waals surface area contributed by atoms with Gasteiger partial charge in [-0.15, -0.1) is 0 Å². The van der Waals surface area contributed by atoms with E-state index in [1.165, 1.54) is 11.7 Å². The summed E-state index contributed by atoms with van der Waals surface area (Å²) in [7, 11) is 1.51. The number of halogens is 1. The van der Waals surface area contributed by atoms with E-state index in [1.54, 1.807) is 48.5 Å². The number of hydrogen-bond acceptors (Lipinski definition) is 7. The number of hydrogen-bond donors (Lipinski definition) is 1. The second kappa shape index (κ2) is 9.71. The first-order valence-corrected chi connectivity index (χ1v) is 10.9. The number of non-ortho nitro benzene ring substituents is 1. The first kappa shape index (κ1) is 22.9. The maximum atomic E-state index is 14.0. The minimum Gasteiger partial charge on any atom is -0.497 e. The van der Waals surface area contributed by atoms with E-state index < -0.39 is 16.6 Å². The molecule has 0 aliphatic heterocycles. The van der Waals surface area contributed by atoms with Crippen LogP contribution in [0.4, 0.5) is 15.8 Å². The number of aromatic nitrogens is 2. The highest BCUT2D eigenvalue weighted by atomic mass is 32.2. The van der Waals surface area contributed by atoms with Crippen LogP contribution < -0.4 is 15.6 Å². The van der Waals surface area contributed by atoms with Crippen molar-refractivity contribution in [1.82, 2.24) is 9.55 Å². The fourth-order valence-electron chi connectivity index (χ4n) is 3.23. The van der Waals surface area contributed by atoms with Crippen LogP contribution in [0.5, 0.6) is 5.75 Å². The molecule has 0 aliphatic carbocycles. The van der Waals surface area contributed by atoms with Gasteiger partial charge in [0.2, 0.25) is 5.91 Å². The molecule has 0 atom stereocenters. The average Bonchev–Trinajstić information content (AvgIpc) is 2.84. The molecule has 0 spiro atoms. The number of rotatable bonds is 7. The molecule has 4 rings (SSSR count). The molecule has 11 heteroatoms. The number of nitro groups is 1. The number of benzene rings is 3. The Morgan fingerprint density at radius 2 is 1.97 bits per heavy atom. The van der Waals surface area contributed by atoms with Crippen LogP contribution in [0, 0.1) is 15.9 Å². The zero-order valence-corrected chi connectivity index (χ0v) is 18.5. The van der Waals surface area contributed by atoms with Crippen molar-refractivity contribution in [2.24, 2.45) is 0 Å². The zero-order chi connectivity index (χ0) is 24.2. The molecule has 0 saturated carbocycles. The summed E-state index contributed by atoms with van der Waals surface area (Å²) in [6.45, 7) is 0. The van der Waals surface area contributed by atoms with E-state index in [2.05, 4.69) is 10.3 Å². The third-order valence-electron chi connectivity index (χ3n) is 4.82. The molecule has 1 aromatic heterocycles. The van der Waals surface area contributed by atoms with Crippen LogP contribution in [0.2, 0.25) is 0 Å². The molecule has 1 N–H and O–H groups in total. The number of carbonyl (C=O) groups excluding carboxylic acids is 1. The Hall–Kier alpha value is -4.25. The van der Waals surface area contributed by atoms with Crippen molar-refractivity contribution in [3.8, 4) is 11.4 Å². The summed E-state index contributed by atoms with van der Waals surface area (Å²) < 4.78 is 20.7. The quantitative estimate of drug-likeness (QED) is 0.183. The first-order valence-electron chi connectivity index (χ1n) is 9.90. The van der Waals surface area contributed by atoms with Gasteiger partial charge in [0.05, 0.1) is 40.1 Å². The van der Waals surface area contributed by atoms with Crippen molar-refractivity contribution in [3.05, 3.63) is 93.0 Å². The number of ether oxygens (including phenoxy) is 1. The van der Waals surface area contributed by atoms with Gasteiger partial charge < -0.3 is 10.1 Å². The minimum absolute atomic E-state index is 0.225. The molecule has 0 aliphatic rings. The zero-order valence-electron chi connectivity index (χ0n) is 17.7. The maximum Gasteiger partial charge on any atom is 0.271 e. The number of methoxy groups -OCH3 is 1. The van der Waals surface area contributed by atoms with Crippen molar-refractivity contribution in [2.45, 2.75) is 5.16 Å². The van der Waals surface area contributed by atoms with Gasteiger partial charge in [-0.3, -0.25) is 24.3 Å². The summed E-state index contributed by atoms with van der Waals surface area (Å²) >= 11 is 0.971. The van der Waals surface area contributed by atoms with E-state index in [0.717, 1.165) is 30.0 Å². The van der Waals surface area contributed by atoms with Crippen LogP contribution in [-0.4, -0.2) is 33.2 Å². The van der Waals surface area contributed by atoms with Crippen LogP contribution in [0.25, 0.3) is 16.6 Å². The molecule has 0 fully saturated rings. The number of nitrogens with zero attached hydrogens (tertiary/aromatic N) is 3. The van der Waals surface area contributed by atoms with Gasteiger partial charge in [-0.1, -0.05) is 30.0 Å². The topological polar surface area (TPSA) is 116 Å². The van der Waals surface area contributed by atoms with Crippen LogP contribution in [0.15, 0.2) is 76.7 Å². The molecule has 3 aromatic carbocycles. The minimum atomic E-state index is -0.805. The Balaban J connectivity index is 1.66. The lowest BCUT2D eigenvalue weighted by Crippen LogP contribution is -2.23. The van der Waals surface area contributed by atoms with Crippen molar-refractivity contribution in [3.63, 3.8) is 0 Å². The highest BCUT2D eigenvalue weighted by Crippen LogP contribution is 2.25. The molecule has 1 heterocycles. The highest BCUT2D eigenvalue weighted by Gasteiger charge is 2.17. The monoisotopic (exact) mass is 480 g/mol. The van der Waals surface area contributed by atoms with Gasteiger partial charge in [-0.25, -0.2) is 9.37 Å². The number of thioether (sulfide) groups is 1. The van der Waals surface area contributed by atoms with E-state index >= 15 is 0 Å². The molecule has 0 radical (unpaired) electrons. The van der Waals surface area contributed by atoms with Crippen molar-refractivity contribution >= 4 is 39.9 Å². The normalized spacial score (nSPS) is 10.8. The Labute approximate surface area is 196 Å². The molecule has 34 heavy (non-hydrogen) atoms. The molecule has 0 saturated heterocycles.